The largest absolute Gasteiger partial charge is 0.496 e. The summed E-state index contributed by atoms with van der Waals surface area (Å²) in [7, 11) is 1.54. The number of methoxy groups -OCH3 is 1. The summed E-state index contributed by atoms with van der Waals surface area (Å²) in [6, 6.07) is 5.09. The first-order valence-corrected chi connectivity index (χ1v) is 5.26. The number of benzene rings is 1. The van der Waals surface area contributed by atoms with Crippen LogP contribution in [0.25, 0.3) is 5.57 Å². The fraction of sp³-hybridized carbons (Fsp3) is 0.182. The van der Waals surface area contributed by atoms with E-state index in [9.17, 15) is 4.79 Å². The molecule has 0 heterocycles. The zero-order chi connectivity index (χ0) is 12.1. The van der Waals surface area contributed by atoms with Gasteiger partial charge in [-0.3, -0.25) is 0 Å². The molecule has 0 bridgehead atoms. The standard InChI is InChI=1S/C11H11BrO4/c1-16-10-3-2-7(4-9(10)12)8(6-13)5-11(14)15/h2-5,13H,6H2,1H3,(H,14,15)/b8-5+. The van der Waals surface area contributed by atoms with E-state index in [4.69, 9.17) is 14.9 Å². The van der Waals surface area contributed by atoms with Gasteiger partial charge in [-0.1, -0.05) is 6.07 Å². The highest BCUT2D eigenvalue weighted by atomic mass is 79.9. The number of aliphatic carboxylic acids is 1. The number of rotatable bonds is 4. The van der Waals surface area contributed by atoms with Crippen LogP contribution in [0.1, 0.15) is 5.56 Å². The van der Waals surface area contributed by atoms with Gasteiger partial charge in [0.2, 0.25) is 0 Å². The predicted molar refractivity (Wildman–Crippen MR) is 63.4 cm³/mol. The molecule has 1 rings (SSSR count). The number of carboxylic acids is 1. The van der Waals surface area contributed by atoms with Crippen LogP contribution in [0.15, 0.2) is 28.7 Å². The van der Waals surface area contributed by atoms with Gasteiger partial charge in [0.05, 0.1) is 18.2 Å². The molecule has 0 saturated heterocycles. The lowest BCUT2D eigenvalue weighted by Gasteiger charge is -2.07. The molecular formula is C11H11BrO4. The Morgan fingerprint density at radius 3 is 2.69 bits per heavy atom. The highest BCUT2D eigenvalue weighted by Crippen LogP contribution is 2.28. The molecule has 0 aliphatic rings. The zero-order valence-electron chi connectivity index (χ0n) is 8.61. The first kappa shape index (κ1) is 12.7. The molecule has 5 heteroatoms. The van der Waals surface area contributed by atoms with Crippen LogP contribution in [0.2, 0.25) is 0 Å². The van der Waals surface area contributed by atoms with E-state index in [1.807, 2.05) is 0 Å². The van der Waals surface area contributed by atoms with Crippen LogP contribution in [-0.4, -0.2) is 29.9 Å². The lowest BCUT2D eigenvalue weighted by molar-refractivity contribution is -0.131. The SMILES string of the molecule is COc1ccc(/C(=C/C(=O)O)CO)cc1Br. The molecule has 0 atom stereocenters. The highest BCUT2D eigenvalue weighted by Gasteiger charge is 2.06. The van der Waals surface area contributed by atoms with E-state index in [1.54, 1.807) is 25.3 Å². The number of carbonyl (C=O) groups is 1. The van der Waals surface area contributed by atoms with Crippen molar-refractivity contribution < 1.29 is 19.7 Å². The molecule has 0 radical (unpaired) electrons. The van der Waals surface area contributed by atoms with E-state index in [2.05, 4.69) is 15.9 Å². The molecule has 0 fully saturated rings. The van der Waals surface area contributed by atoms with E-state index in [-0.39, 0.29) is 6.61 Å². The molecule has 0 aromatic heterocycles. The zero-order valence-corrected chi connectivity index (χ0v) is 10.2. The Morgan fingerprint density at radius 2 is 2.25 bits per heavy atom. The lowest BCUT2D eigenvalue weighted by Crippen LogP contribution is -1.97. The molecule has 1 aromatic carbocycles. The third-order valence-electron chi connectivity index (χ3n) is 1.99. The first-order valence-electron chi connectivity index (χ1n) is 4.46. The number of carboxylic acid groups (broad SMARTS) is 1. The fourth-order valence-electron chi connectivity index (χ4n) is 1.24. The number of aliphatic hydroxyl groups excluding tert-OH is 1. The van der Waals surface area contributed by atoms with Gasteiger partial charge < -0.3 is 14.9 Å². The van der Waals surface area contributed by atoms with Crippen molar-refractivity contribution in [1.29, 1.82) is 0 Å². The Morgan fingerprint density at radius 1 is 1.56 bits per heavy atom. The molecule has 86 valence electrons. The molecule has 4 nitrogen and oxygen atoms in total. The van der Waals surface area contributed by atoms with Gasteiger partial charge >= 0.3 is 5.97 Å². The minimum absolute atomic E-state index is 0.328. The van der Waals surface area contributed by atoms with Gasteiger partial charge in [-0.05, 0) is 39.2 Å². The summed E-state index contributed by atoms with van der Waals surface area (Å²) in [6.07, 6.45) is 0.980. The molecule has 0 spiro atoms. The number of hydrogen-bond acceptors (Lipinski definition) is 3. The average molecular weight is 287 g/mol. The van der Waals surface area contributed by atoms with Crippen LogP contribution < -0.4 is 4.74 Å². The minimum Gasteiger partial charge on any atom is -0.496 e. The lowest BCUT2D eigenvalue weighted by atomic mass is 10.1. The Bertz CT molecular complexity index is 426. The second-order valence-corrected chi connectivity index (χ2v) is 3.87. The van der Waals surface area contributed by atoms with Crippen molar-refractivity contribution in [2.45, 2.75) is 0 Å². The van der Waals surface area contributed by atoms with Crippen LogP contribution in [0, 0.1) is 0 Å². The summed E-state index contributed by atoms with van der Waals surface area (Å²) < 4.78 is 5.76. The monoisotopic (exact) mass is 286 g/mol. The fourth-order valence-corrected chi connectivity index (χ4v) is 1.78. The summed E-state index contributed by atoms with van der Waals surface area (Å²) in [6.45, 7) is -0.328. The maximum Gasteiger partial charge on any atom is 0.328 e. The van der Waals surface area contributed by atoms with Crippen molar-refractivity contribution >= 4 is 27.5 Å². The predicted octanol–water partition coefficient (Wildman–Crippen LogP) is 1.92. The van der Waals surface area contributed by atoms with E-state index >= 15 is 0 Å². The van der Waals surface area contributed by atoms with Gasteiger partial charge in [0, 0.05) is 6.08 Å². The average Bonchev–Trinajstić information content (AvgIpc) is 2.25. The molecule has 0 aliphatic heterocycles. The molecule has 16 heavy (non-hydrogen) atoms. The van der Waals surface area contributed by atoms with Crippen molar-refractivity contribution in [1.82, 2.24) is 0 Å². The summed E-state index contributed by atoms with van der Waals surface area (Å²) in [5, 5.41) is 17.7. The van der Waals surface area contributed by atoms with E-state index < -0.39 is 5.97 Å². The third-order valence-corrected chi connectivity index (χ3v) is 2.61. The summed E-state index contributed by atoms with van der Waals surface area (Å²) in [4.78, 5) is 10.5. The molecular weight excluding hydrogens is 276 g/mol. The maximum absolute atomic E-state index is 10.5. The highest BCUT2D eigenvalue weighted by molar-refractivity contribution is 9.10. The number of hydrogen-bond donors (Lipinski definition) is 2. The Kier molecular flexibility index (Phi) is 4.52. The van der Waals surface area contributed by atoms with Crippen molar-refractivity contribution in [2.24, 2.45) is 0 Å². The molecule has 0 amide bonds. The number of halogens is 1. The van der Waals surface area contributed by atoms with Crippen LogP contribution in [0.5, 0.6) is 5.75 Å². The molecule has 0 unspecified atom stereocenters. The van der Waals surface area contributed by atoms with Gasteiger partial charge in [-0.25, -0.2) is 4.79 Å². The van der Waals surface area contributed by atoms with E-state index in [0.29, 0.717) is 21.4 Å². The second kappa shape index (κ2) is 5.67. The van der Waals surface area contributed by atoms with Crippen LogP contribution in [0.4, 0.5) is 0 Å². The van der Waals surface area contributed by atoms with E-state index in [0.717, 1.165) is 6.08 Å². The second-order valence-electron chi connectivity index (χ2n) is 3.02. The Labute approximate surface area is 101 Å². The quantitative estimate of drug-likeness (QED) is 0.830. The van der Waals surface area contributed by atoms with Gasteiger partial charge in [-0.2, -0.15) is 0 Å². The molecule has 1 aromatic rings. The molecule has 2 N–H and O–H groups in total. The van der Waals surface area contributed by atoms with Crippen LogP contribution in [-0.2, 0) is 4.79 Å². The summed E-state index contributed by atoms with van der Waals surface area (Å²) in [5.74, 6) is -0.438. The first-order chi connectivity index (χ1) is 7.58. The topological polar surface area (TPSA) is 66.8 Å². The van der Waals surface area contributed by atoms with Crippen LogP contribution >= 0.6 is 15.9 Å². The van der Waals surface area contributed by atoms with Crippen molar-refractivity contribution in [3.63, 3.8) is 0 Å². The maximum atomic E-state index is 10.5. The third kappa shape index (κ3) is 3.08. The van der Waals surface area contributed by atoms with Gasteiger partial charge in [0.15, 0.2) is 0 Å². The smallest absolute Gasteiger partial charge is 0.328 e. The van der Waals surface area contributed by atoms with Crippen molar-refractivity contribution in [3.8, 4) is 5.75 Å². The van der Waals surface area contributed by atoms with E-state index in [1.165, 1.54) is 0 Å². The normalized spacial score (nSPS) is 11.3. The number of aliphatic hydroxyl groups is 1. The minimum atomic E-state index is -1.09. The Hall–Kier alpha value is -1.33. The van der Waals surface area contributed by atoms with Crippen molar-refractivity contribution in [3.05, 3.63) is 34.3 Å². The van der Waals surface area contributed by atoms with Gasteiger partial charge in [0.25, 0.3) is 0 Å². The summed E-state index contributed by atoms with van der Waals surface area (Å²) >= 11 is 3.29. The van der Waals surface area contributed by atoms with Crippen LogP contribution in [0.3, 0.4) is 0 Å². The molecule has 0 saturated carbocycles. The summed E-state index contributed by atoms with van der Waals surface area (Å²) in [5.41, 5.74) is 0.980. The number of ether oxygens (including phenoxy) is 1. The van der Waals surface area contributed by atoms with Gasteiger partial charge in [-0.15, -0.1) is 0 Å². The Balaban J connectivity index is 3.13. The van der Waals surface area contributed by atoms with Crippen molar-refractivity contribution in [2.75, 3.05) is 13.7 Å². The molecule has 0 aliphatic carbocycles. The van der Waals surface area contributed by atoms with Gasteiger partial charge in [0.1, 0.15) is 5.75 Å².